The van der Waals surface area contributed by atoms with Gasteiger partial charge in [-0.2, -0.15) is 4.31 Å². The molecule has 1 N–H and O–H groups in total. The summed E-state index contributed by atoms with van der Waals surface area (Å²) in [5.74, 6) is -0.363. The Morgan fingerprint density at radius 3 is 2.35 bits per heavy atom. The van der Waals surface area contributed by atoms with E-state index in [1.165, 1.54) is 19.2 Å². The maximum Gasteiger partial charge on any atom is 0.252 e. The predicted molar refractivity (Wildman–Crippen MR) is 105 cm³/mol. The van der Waals surface area contributed by atoms with Gasteiger partial charge in [0.1, 0.15) is 4.21 Å². The number of thiophene rings is 1. The summed E-state index contributed by atoms with van der Waals surface area (Å²) in [6, 6.07) is 10.8. The lowest BCUT2D eigenvalue weighted by Crippen LogP contribution is -2.38. The molecule has 142 valence electrons. The lowest BCUT2D eigenvalue weighted by molar-refractivity contribution is -0.121. The molecule has 1 amide bonds. The van der Waals surface area contributed by atoms with Crippen molar-refractivity contribution in [2.75, 3.05) is 27.7 Å². The van der Waals surface area contributed by atoms with Crippen molar-refractivity contribution >= 4 is 38.9 Å². The lowest BCUT2D eigenvalue weighted by Gasteiger charge is -2.17. The molecule has 0 bridgehead atoms. The Balaban J connectivity index is 1.97. The van der Waals surface area contributed by atoms with Gasteiger partial charge in [-0.1, -0.05) is 35.9 Å². The molecule has 2 aromatic rings. The van der Waals surface area contributed by atoms with Crippen molar-refractivity contribution in [1.29, 1.82) is 0 Å². The van der Waals surface area contributed by atoms with Crippen LogP contribution in [0, 0.1) is 0 Å². The van der Waals surface area contributed by atoms with Gasteiger partial charge >= 0.3 is 0 Å². The van der Waals surface area contributed by atoms with Crippen LogP contribution >= 0.6 is 22.9 Å². The first kappa shape index (κ1) is 20.9. The van der Waals surface area contributed by atoms with Gasteiger partial charge in [0.05, 0.1) is 10.9 Å². The SMILES string of the molecule is CN(C)Cc1ccccc1CNC(=O)CN(C)S(=O)(=O)c1ccc(Cl)s1. The lowest BCUT2D eigenvalue weighted by atomic mass is 10.1. The number of carbonyl (C=O) groups excluding carboxylic acids is 1. The second kappa shape index (κ2) is 8.96. The zero-order valence-electron chi connectivity index (χ0n) is 14.9. The van der Waals surface area contributed by atoms with E-state index in [9.17, 15) is 13.2 Å². The van der Waals surface area contributed by atoms with Gasteiger partial charge in [-0.25, -0.2) is 8.42 Å². The van der Waals surface area contributed by atoms with Crippen LogP contribution < -0.4 is 5.32 Å². The van der Waals surface area contributed by atoms with E-state index in [1.807, 2.05) is 43.3 Å². The fourth-order valence-corrected chi connectivity index (χ4v) is 5.17. The normalized spacial score (nSPS) is 11.9. The third kappa shape index (κ3) is 5.52. The summed E-state index contributed by atoms with van der Waals surface area (Å²) in [6.45, 7) is 0.856. The third-order valence-electron chi connectivity index (χ3n) is 3.66. The van der Waals surface area contributed by atoms with E-state index in [-0.39, 0.29) is 16.7 Å². The fraction of sp³-hybridized carbons (Fsp3) is 0.353. The zero-order valence-corrected chi connectivity index (χ0v) is 17.3. The van der Waals surface area contributed by atoms with Gasteiger partial charge in [0.25, 0.3) is 10.0 Å². The van der Waals surface area contributed by atoms with Gasteiger partial charge in [-0.3, -0.25) is 4.79 Å². The van der Waals surface area contributed by atoms with Crippen molar-refractivity contribution in [1.82, 2.24) is 14.5 Å². The highest BCUT2D eigenvalue weighted by molar-refractivity contribution is 7.91. The van der Waals surface area contributed by atoms with Crippen LogP contribution in [0.5, 0.6) is 0 Å². The van der Waals surface area contributed by atoms with Crippen molar-refractivity contribution in [2.24, 2.45) is 0 Å². The second-order valence-electron chi connectivity index (χ2n) is 6.10. The smallest absolute Gasteiger partial charge is 0.252 e. The Labute approximate surface area is 163 Å². The minimum absolute atomic E-state index is 0.120. The average molecular weight is 416 g/mol. The van der Waals surface area contributed by atoms with Gasteiger partial charge < -0.3 is 10.2 Å². The zero-order chi connectivity index (χ0) is 19.3. The van der Waals surface area contributed by atoms with E-state index in [0.29, 0.717) is 10.9 Å². The molecule has 0 unspecified atom stereocenters. The van der Waals surface area contributed by atoms with Crippen LogP contribution in [-0.4, -0.2) is 51.2 Å². The van der Waals surface area contributed by atoms with Crippen LogP contribution in [0.2, 0.25) is 4.34 Å². The molecule has 1 aromatic carbocycles. The van der Waals surface area contributed by atoms with Gasteiger partial charge in [0.2, 0.25) is 5.91 Å². The molecule has 26 heavy (non-hydrogen) atoms. The summed E-state index contributed by atoms with van der Waals surface area (Å²) >= 11 is 6.77. The highest BCUT2D eigenvalue weighted by Gasteiger charge is 2.24. The topological polar surface area (TPSA) is 69.7 Å². The second-order valence-corrected chi connectivity index (χ2v) is 10.1. The molecule has 6 nitrogen and oxygen atoms in total. The minimum Gasteiger partial charge on any atom is -0.351 e. The van der Waals surface area contributed by atoms with Crippen molar-refractivity contribution in [3.63, 3.8) is 0 Å². The Kier molecular flexibility index (Phi) is 7.19. The number of amides is 1. The van der Waals surface area contributed by atoms with Crippen molar-refractivity contribution in [2.45, 2.75) is 17.3 Å². The number of carbonyl (C=O) groups is 1. The maximum atomic E-state index is 12.4. The van der Waals surface area contributed by atoms with Gasteiger partial charge in [-0.15, -0.1) is 11.3 Å². The average Bonchev–Trinajstić information content (AvgIpc) is 3.00. The molecule has 0 radical (unpaired) electrons. The van der Waals surface area contributed by atoms with E-state index in [4.69, 9.17) is 11.6 Å². The summed E-state index contributed by atoms with van der Waals surface area (Å²) < 4.78 is 26.4. The van der Waals surface area contributed by atoms with E-state index in [1.54, 1.807) is 0 Å². The highest BCUT2D eigenvalue weighted by Crippen LogP contribution is 2.27. The molecular weight excluding hydrogens is 394 g/mol. The van der Waals surface area contributed by atoms with Crippen molar-refractivity contribution < 1.29 is 13.2 Å². The first-order chi connectivity index (χ1) is 12.2. The number of halogens is 1. The molecule has 0 aliphatic carbocycles. The van der Waals surface area contributed by atoms with Crippen molar-refractivity contribution in [3.05, 3.63) is 51.9 Å². The Bertz CT molecular complexity index is 866. The maximum absolute atomic E-state index is 12.4. The number of nitrogens with zero attached hydrogens (tertiary/aromatic N) is 2. The fourth-order valence-electron chi connectivity index (χ4n) is 2.35. The third-order valence-corrected chi connectivity index (χ3v) is 7.16. The number of likely N-dealkylation sites (N-methyl/N-ethyl adjacent to an activating group) is 1. The van der Waals surface area contributed by atoms with Crippen LogP contribution in [0.4, 0.5) is 0 Å². The van der Waals surface area contributed by atoms with Crippen molar-refractivity contribution in [3.8, 4) is 0 Å². The van der Waals surface area contributed by atoms with Gasteiger partial charge in [-0.05, 0) is 37.4 Å². The van der Waals surface area contributed by atoms with Crippen LogP contribution in [0.1, 0.15) is 11.1 Å². The minimum atomic E-state index is -3.72. The quantitative estimate of drug-likeness (QED) is 0.718. The monoisotopic (exact) mass is 415 g/mol. The Morgan fingerprint density at radius 1 is 1.12 bits per heavy atom. The number of hydrogen-bond donors (Lipinski definition) is 1. The Morgan fingerprint density at radius 2 is 1.77 bits per heavy atom. The first-order valence-electron chi connectivity index (χ1n) is 7.90. The van der Waals surface area contributed by atoms with E-state index in [0.717, 1.165) is 33.3 Å². The molecular formula is C17H22ClN3O3S2. The predicted octanol–water partition coefficient (Wildman–Crippen LogP) is 2.40. The molecule has 0 spiro atoms. The number of rotatable bonds is 8. The first-order valence-corrected chi connectivity index (χ1v) is 10.5. The number of sulfonamides is 1. The Hall–Kier alpha value is -1.45. The highest BCUT2D eigenvalue weighted by atomic mass is 35.5. The van der Waals surface area contributed by atoms with Crippen LogP contribution in [0.25, 0.3) is 0 Å². The summed E-state index contributed by atoms with van der Waals surface area (Å²) in [5.41, 5.74) is 2.12. The molecule has 0 aliphatic heterocycles. The standard InChI is InChI=1S/C17H22ClN3O3S2/c1-20(2)11-14-7-5-4-6-13(14)10-19-16(22)12-21(3)26(23,24)17-9-8-15(18)25-17/h4-9H,10-12H2,1-3H3,(H,19,22). The van der Waals surface area contributed by atoms with Crippen LogP contribution in [0.3, 0.4) is 0 Å². The van der Waals surface area contributed by atoms with Crippen LogP contribution in [-0.2, 0) is 27.9 Å². The van der Waals surface area contributed by atoms with E-state index in [2.05, 4.69) is 5.32 Å². The van der Waals surface area contributed by atoms with Gasteiger partial charge in [0, 0.05) is 20.1 Å². The summed E-state index contributed by atoms with van der Waals surface area (Å²) in [7, 11) is 1.61. The summed E-state index contributed by atoms with van der Waals surface area (Å²) in [5, 5.41) is 2.79. The summed E-state index contributed by atoms with van der Waals surface area (Å²) in [4.78, 5) is 14.2. The molecule has 0 fully saturated rings. The van der Waals surface area contributed by atoms with Gasteiger partial charge in [0.15, 0.2) is 0 Å². The largest absolute Gasteiger partial charge is 0.351 e. The number of nitrogens with one attached hydrogen (secondary N) is 1. The van der Waals surface area contributed by atoms with E-state index >= 15 is 0 Å². The summed E-state index contributed by atoms with van der Waals surface area (Å²) in [6.07, 6.45) is 0. The number of benzene rings is 1. The molecule has 2 rings (SSSR count). The molecule has 1 aromatic heterocycles. The van der Waals surface area contributed by atoms with Crippen LogP contribution in [0.15, 0.2) is 40.6 Å². The molecule has 1 heterocycles. The molecule has 0 aliphatic rings. The molecule has 0 saturated heterocycles. The molecule has 0 atom stereocenters. The number of hydrogen-bond acceptors (Lipinski definition) is 5. The molecule has 0 saturated carbocycles. The molecule has 9 heteroatoms. The van der Waals surface area contributed by atoms with E-state index < -0.39 is 10.0 Å².